The lowest BCUT2D eigenvalue weighted by atomic mass is 10.2. The van der Waals surface area contributed by atoms with E-state index < -0.39 is 4.92 Å². The Hall–Kier alpha value is -1.99. The van der Waals surface area contributed by atoms with Crippen LogP contribution in [0.4, 0.5) is 5.69 Å². The minimum absolute atomic E-state index is 0.0140. The fourth-order valence-electron chi connectivity index (χ4n) is 1.82. The van der Waals surface area contributed by atoms with Gasteiger partial charge in [0.15, 0.2) is 0 Å². The van der Waals surface area contributed by atoms with Crippen LogP contribution in [0.15, 0.2) is 24.4 Å². The molecule has 7 nitrogen and oxygen atoms in total. The molecule has 1 N–H and O–H groups in total. The SMILES string of the molecule is CC(C)NCc1cn(Cc2ccc(Cl)cc2[N+](=O)[O-])nn1. The number of nitro benzene ring substituents is 1. The van der Waals surface area contributed by atoms with Crippen molar-refractivity contribution in [2.45, 2.75) is 33.0 Å². The molecule has 112 valence electrons. The van der Waals surface area contributed by atoms with Crippen molar-refractivity contribution in [3.8, 4) is 0 Å². The van der Waals surface area contributed by atoms with E-state index in [2.05, 4.69) is 15.6 Å². The van der Waals surface area contributed by atoms with E-state index in [4.69, 9.17) is 11.6 Å². The Balaban J connectivity index is 2.13. The molecule has 0 atom stereocenters. The first-order valence-corrected chi connectivity index (χ1v) is 6.88. The number of nitrogens with one attached hydrogen (secondary N) is 1. The van der Waals surface area contributed by atoms with Gasteiger partial charge in [0.1, 0.15) is 0 Å². The summed E-state index contributed by atoms with van der Waals surface area (Å²) in [7, 11) is 0. The van der Waals surface area contributed by atoms with E-state index in [9.17, 15) is 10.1 Å². The molecule has 0 unspecified atom stereocenters. The molecular weight excluding hydrogens is 294 g/mol. The monoisotopic (exact) mass is 309 g/mol. The van der Waals surface area contributed by atoms with E-state index in [1.807, 2.05) is 13.8 Å². The standard InChI is InChI=1S/C13H16ClN5O2/c1-9(2)15-6-12-8-18(17-16-12)7-10-3-4-11(14)5-13(10)19(20)21/h3-5,8-9,15H,6-7H2,1-2H3. The van der Waals surface area contributed by atoms with E-state index in [1.54, 1.807) is 23.0 Å². The van der Waals surface area contributed by atoms with E-state index in [0.717, 1.165) is 5.69 Å². The maximum Gasteiger partial charge on any atom is 0.275 e. The third-order valence-corrected chi connectivity index (χ3v) is 3.09. The zero-order valence-corrected chi connectivity index (χ0v) is 12.5. The summed E-state index contributed by atoms with van der Waals surface area (Å²) < 4.78 is 1.58. The molecule has 2 aromatic rings. The molecule has 0 aliphatic heterocycles. The minimum Gasteiger partial charge on any atom is -0.309 e. The van der Waals surface area contributed by atoms with Crippen LogP contribution in [-0.2, 0) is 13.1 Å². The van der Waals surface area contributed by atoms with Gasteiger partial charge in [-0.3, -0.25) is 10.1 Å². The maximum atomic E-state index is 11.0. The van der Waals surface area contributed by atoms with Gasteiger partial charge in [0.2, 0.25) is 0 Å². The van der Waals surface area contributed by atoms with Crippen LogP contribution >= 0.6 is 11.6 Å². The lowest BCUT2D eigenvalue weighted by molar-refractivity contribution is -0.385. The second-order valence-electron chi connectivity index (χ2n) is 4.97. The first kappa shape index (κ1) is 15.4. The van der Waals surface area contributed by atoms with E-state index >= 15 is 0 Å². The van der Waals surface area contributed by atoms with Gasteiger partial charge in [-0.2, -0.15) is 0 Å². The molecule has 1 aromatic heterocycles. The summed E-state index contributed by atoms with van der Waals surface area (Å²) in [5.74, 6) is 0. The van der Waals surface area contributed by atoms with Crippen LogP contribution in [-0.4, -0.2) is 26.0 Å². The number of hydrogen-bond donors (Lipinski definition) is 1. The van der Waals surface area contributed by atoms with Crippen LogP contribution in [0.5, 0.6) is 0 Å². The number of benzene rings is 1. The first-order chi connectivity index (χ1) is 9.95. The number of nitro groups is 1. The summed E-state index contributed by atoms with van der Waals surface area (Å²) in [5, 5.41) is 22.6. The van der Waals surface area contributed by atoms with E-state index in [0.29, 0.717) is 23.2 Å². The minimum atomic E-state index is -0.445. The van der Waals surface area contributed by atoms with Crippen LogP contribution in [0.1, 0.15) is 25.1 Å². The molecule has 0 fully saturated rings. The largest absolute Gasteiger partial charge is 0.309 e. The first-order valence-electron chi connectivity index (χ1n) is 6.51. The van der Waals surface area contributed by atoms with Gasteiger partial charge in [0.25, 0.3) is 5.69 Å². The van der Waals surface area contributed by atoms with E-state index in [-0.39, 0.29) is 12.2 Å². The summed E-state index contributed by atoms with van der Waals surface area (Å²) in [6.45, 7) is 4.98. The van der Waals surface area contributed by atoms with Gasteiger partial charge in [0.05, 0.1) is 28.9 Å². The highest BCUT2D eigenvalue weighted by atomic mass is 35.5. The average molecular weight is 310 g/mol. The third kappa shape index (κ3) is 4.24. The molecule has 1 heterocycles. The van der Waals surface area contributed by atoms with Crippen molar-refractivity contribution in [3.05, 3.63) is 50.8 Å². The Morgan fingerprint density at radius 3 is 2.90 bits per heavy atom. The quantitative estimate of drug-likeness (QED) is 0.654. The fraction of sp³-hybridized carbons (Fsp3) is 0.385. The molecule has 0 aliphatic carbocycles. The van der Waals surface area contributed by atoms with Gasteiger partial charge < -0.3 is 5.32 Å². The van der Waals surface area contributed by atoms with Crippen molar-refractivity contribution in [2.75, 3.05) is 0 Å². The fourth-order valence-corrected chi connectivity index (χ4v) is 1.99. The zero-order chi connectivity index (χ0) is 15.4. The average Bonchev–Trinajstić information content (AvgIpc) is 2.86. The molecule has 0 spiro atoms. The number of rotatable bonds is 6. The van der Waals surface area contributed by atoms with Crippen molar-refractivity contribution in [1.82, 2.24) is 20.3 Å². The molecule has 0 bridgehead atoms. The molecule has 0 radical (unpaired) electrons. The summed E-state index contributed by atoms with van der Waals surface area (Å²) in [4.78, 5) is 10.6. The molecule has 1 aromatic carbocycles. The Kier molecular flexibility index (Phi) is 4.87. The highest BCUT2D eigenvalue weighted by molar-refractivity contribution is 6.30. The number of aromatic nitrogens is 3. The number of nitrogens with zero attached hydrogens (tertiary/aromatic N) is 4. The van der Waals surface area contributed by atoms with Crippen LogP contribution in [0.2, 0.25) is 5.02 Å². The van der Waals surface area contributed by atoms with Crippen molar-refractivity contribution in [3.63, 3.8) is 0 Å². The molecule has 2 rings (SSSR count). The summed E-state index contributed by atoms with van der Waals surface area (Å²) in [6, 6.07) is 4.96. The molecule has 0 aliphatic rings. The number of hydrogen-bond acceptors (Lipinski definition) is 5. The smallest absolute Gasteiger partial charge is 0.275 e. The van der Waals surface area contributed by atoms with Crippen molar-refractivity contribution < 1.29 is 4.92 Å². The molecular formula is C13H16ClN5O2. The van der Waals surface area contributed by atoms with Gasteiger partial charge in [0, 0.05) is 23.7 Å². The van der Waals surface area contributed by atoms with Gasteiger partial charge >= 0.3 is 0 Å². The highest BCUT2D eigenvalue weighted by Gasteiger charge is 2.15. The summed E-state index contributed by atoms with van der Waals surface area (Å²) >= 11 is 5.79. The predicted octanol–water partition coefficient (Wildman–Crippen LogP) is 2.39. The zero-order valence-electron chi connectivity index (χ0n) is 11.8. The van der Waals surface area contributed by atoms with E-state index in [1.165, 1.54) is 6.07 Å². The summed E-state index contributed by atoms with van der Waals surface area (Å²) in [5.41, 5.74) is 1.32. The van der Waals surface area contributed by atoms with Crippen LogP contribution in [0.25, 0.3) is 0 Å². The topological polar surface area (TPSA) is 85.9 Å². The van der Waals surface area contributed by atoms with Crippen LogP contribution < -0.4 is 5.32 Å². The molecule has 0 saturated heterocycles. The van der Waals surface area contributed by atoms with Crippen LogP contribution in [0.3, 0.4) is 0 Å². The normalized spacial score (nSPS) is 11.0. The van der Waals surface area contributed by atoms with Gasteiger partial charge in [-0.1, -0.05) is 30.7 Å². The summed E-state index contributed by atoms with van der Waals surface area (Å²) in [6.07, 6.45) is 1.77. The highest BCUT2D eigenvalue weighted by Crippen LogP contribution is 2.23. The Morgan fingerprint density at radius 2 is 2.24 bits per heavy atom. The van der Waals surface area contributed by atoms with Gasteiger partial charge in [-0.25, -0.2) is 4.68 Å². The Labute approximate surface area is 127 Å². The molecule has 8 heteroatoms. The molecule has 21 heavy (non-hydrogen) atoms. The van der Waals surface area contributed by atoms with Crippen molar-refractivity contribution in [2.24, 2.45) is 0 Å². The lowest BCUT2D eigenvalue weighted by Gasteiger charge is -2.04. The van der Waals surface area contributed by atoms with Crippen LogP contribution in [0, 0.1) is 10.1 Å². The molecule has 0 amide bonds. The molecule has 0 saturated carbocycles. The van der Waals surface area contributed by atoms with Crippen molar-refractivity contribution in [1.29, 1.82) is 0 Å². The lowest BCUT2D eigenvalue weighted by Crippen LogP contribution is -2.21. The van der Waals surface area contributed by atoms with Gasteiger partial charge in [-0.05, 0) is 12.1 Å². The second kappa shape index (κ2) is 6.64. The Bertz CT molecular complexity index is 641. The van der Waals surface area contributed by atoms with Gasteiger partial charge in [-0.15, -0.1) is 5.10 Å². The number of halogens is 1. The second-order valence-corrected chi connectivity index (χ2v) is 5.41. The predicted molar refractivity (Wildman–Crippen MR) is 79.2 cm³/mol. The maximum absolute atomic E-state index is 11.0. The Morgan fingerprint density at radius 1 is 1.48 bits per heavy atom. The third-order valence-electron chi connectivity index (χ3n) is 2.85. The van der Waals surface area contributed by atoms with Crippen molar-refractivity contribution >= 4 is 17.3 Å².